The van der Waals surface area contributed by atoms with Gasteiger partial charge in [-0.15, -0.1) is 0 Å². The highest BCUT2D eigenvalue weighted by atomic mass is 14.7. The average molecular weight is 300 g/mol. The van der Waals surface area contributed by atoms with Gasteiger partial charge in [0.1, 0.15) is 0 Å². The van der Waals surface area contributed by atoms with Crippen LogP contribution in [0.25, 0.3) is 32.9 Å². The summed E-state index contributed by atoms with van der Waals surface area (Å²) in [4.78, 5) is 9.25. The van der Waals surface area contributed by atoms with E-state index >= 15 is 0 Å². The van der Waals surface area contributed by atoms with E-state index in [1.807, 2.05) is 39.1 Å². The summed E-state index contributed by atoms with van der Waals surface area (Å²) >= 11 is 0. The summed E-state index contributed by atoms with van der Waals surface area (Å²) in [5, 5.41) is 2.28. The molecule has 23 heavy (non-hydrogen) atoms. The van der Waals surface area contributed by atoms with Crippen LogP contribution in [-0.2, 0) is 0 Å². The Morgan fingerprint density at radius 1 is 0.783 bits per heavy atom. The molecule has 0 fully saturated rings. The molecule has 4 rings (SSSR count). The molecule has 0 saturated heterocycles. The van der Waals surface area contributed by atoms with Gasteiger partial charge < -0.3 is 0 Å². The molecule has 0 N–H and O–H groups in total. The van der Waals surface area contributed by atoms with E-state index < -0.39 is 0 Å². The number of rotatable bonds is 1. The lowest BCUT2D eigenvalue weighted by Gasteiger charge is -2.10. The molecule has 2 aromatic heterocycles. The fourth-order valence-corrected chi connectivity index (χ4v) is 2.78. The second kappa shape index (κ2) is 6.57. The van der Waals surface area contributed by atoms with E-state index in [9.17, 15) is 0 Å². The number of fused-ring (bicyclic) bond motifs is 3. The Morgan fingerprint density at radius 3 is 2.35 bits per heavy atom. The second-order valence-electron chi connectivity index (χ2n) is 5.21. The van der Waals surface area contributed by atoms with E-state index in [2.05, 4.69) is 53.5 Å². The number of aryl methyl sites for hydroxylation is 1. The molecule has 2 nitrogen and oxygen atoms in total. The lowest BCUT2D eigenvalue weighted by Crippen LogP contribution is -1.90. The first-order chi connectivity index (χ1) is 11.3. The quantitative estimate of drug-likeness (QED) is 0.416. The molecule has 2 heteroatoms. The van der Waals surface area contributed by atoms with Crippen LogP contribution in [0.2, 0.25) is 0 Å². The van der Waals surface area contributed by atoms with Gasteiger partial charge in [0.2, 0.25) is 0 Å². The van der Waals surface area contributed by atoms with Gasteiger partial charge in [-0.1, -0.05) is 56.3 Å². The molecule has 0 radical (unpaired) electrons. The lowest BCUT2D eigenvalue weighted by atomic mass is 9.97. The molecular formula is C21H20N2. The normalized spacial score (nSPS) is 10.4. The van der Waals surface area contributed by atoms with Crippen LogP contribution >= 0.6 is 0 Å². The van der Waals surface area contributed by atoms with Crippen molar-refractivity contribution in [3.05, 3.63) is 72.6 Å². The Kier molecular flexibility index (Phi) is 4.33. The Bertz CT molecular complexity index is 944. The standard InChI is InChI=1S/C19H14N2.C2H6/c1-13-9-10-16-17(14-6-3-2-4-7-14)12-15-8-5-11-20-18(15)19(16)21-13;1-2/h2-12H,1H3;1-2H3. The largest absolute Gasteiger partial charge is 0.254 e. The Hall–Kier alpha value is -2.74. The maximum atomic E-state index is 4.73. The maximum absolute atomic E-state index is 4.73. The number of benzene rings is 2. The fraction of sp³-hybridized carbons (Fsp3) is 0.143. The minimum Gasteiger partial charge on any atom is -0.254 e. The minimum atomic E-state index is 0.968. The summed E-state index contributed by atoms with van der Waals surface area (Å²) in [5.74, 6) is 0. The Morgan fingerprint density at radius 2 is 1.57 bits per heavy atom. The zero-order chi connectivity index (χ0) is 16.2. The summed E-state index contributed by atoms with van der Waals surface area (Å²) in [6.45, 7) is 6.02. The first kappa shape index (κ1) is 15.2. The topological polar surface area (TPSA) is 25.8 Å². The highest BCUT2D eigenvalue weighted by molar-refractivity contribution is 6.10. The number of pyridine rings is 2. The Balaban J connectivity index is 0.000000753. The molecule has 0 spiro atoms. The van der Waals surface area contributed by atoms with Crippen LogP contribution in [0.1, 0.15) is 19.5 Å². The van der Waals surface area contributed by atoms with Crippen molar-refractivity contribution in [1.29, 1.82) is 0 Å². The molecule has 0 atom stereocenters. The summed E-state index contributed by atoms with van der Waals surface area (Å²) in [7, 11) is 0. The van der Waals surface area contributed by atoms with Crippen LogP contribution in [0.15, 0.2) is 66.9 Å². The van der Waals surface area contributed by atoms with Gasteiger partial charge in [0.05, 0.1) is 11.0 Å². The van der Waals surface area contributed by atoms with Gasteiger partial charge in [-0.25, -0.2) is 0 Å². The monoisotopic (exact) mass is 300 g/mol. The Labute approximate surface area is 136 Å². The van der Waals surface area contributed by atoms with E-state index in [1.165, 1.54) is 11.1 Å². The van der Waals surface area contributed by atoms with E-state index in [1.54, 1.807) is 0 Å². The van der Waals surface area contributed by atoms with Crippen molar-refractivity contribution in [3.63, 3.8) is 0 Å². The van der Waals surface area contributed by atoms with Crippen molar-refractivity contribution in [2.45, 2.75) is 20.8 Å². The second-order valence-corrected chi connectivity index (χ2v) is 5.21. The fourth-order valence-electron chi connectivity index (χ4n) is 2.78. The molecule has 4 aromatic rings. The average Bonchev–Trinajstić information content (AvgIpc) is 2.63. The van der Waals surface area contributed by atoms with Gasteiger partial charge in [-0.2, -0.15) is 0 Å². The molecule has 0 unspecified atom stereocenters. The zero-order valence-corrected chi connectivity index (χ0v) is 13.7. The third-order valence-electron chi connectivity index (χ3n) is 3.77. The van der Waals surface area contributed by atoms with E-state index in [4.69, 9.17) is 4.98 Å². The maximum Gasteiger partial charge on any atom is 0.0973 e. The van der Waals surface area contributed by atoms with Gasteiger partial charge in [-0.3, -0.25) is 9.97 Å². The smallest absolute Gasteiger partial charge is 0.0973 e. The van der Waals surface area contributed by atoms with Gasteiger partial charge in [0.25, 0.3) is 0 Å². The summed E-state index contributed by atoms with van der Waals surface area (Å²) < 4.78 is 0. The molecule has 0 aliphatic carbocycles. The SMILES string of the molecule is CC.Cc1ccc2c(-c3ccccc3)cc3cccnc3c2n1. The minimum absolute atomic E-state index is 0.968. The van der Waals surface area contributed by atoms with Gasteiger partial charge in [-0.05, 0) is 36.2 Å². The van der Waals surface area contributed by atoms with Crippen LogP contribution < -0.4 is 0 Å². The summed E-state index contributed by atoms with van der Waals surface area (Å²) in [5.41, 5.74) is 5.38. The van der Waals surface area contributed by atoms with E-state index in [-0.39, 0.29) is 0 Å². The van der Waals surface area contributed by atoms with Crippen LogP contribution in [-0.4, -0.2) is 9.97 Å². The molecule has 2 heterocycles. The summed E-state index contributed by atoms with van der Waals surface area (Å²) in [6, 6.07) is 20.9. The van der Waals surface area contributed by atoms with E-state index in [0.717, 1.165) is 27.5 Å². The molecule has 0 saturated carbocycles. The number of hydrogen-bond donors (Lipinski definition) is 0. The van der Waals surface area contributed by atoms with E-state index in [0.29, 0.717) is 0 Å². The van der Waals surface area contributed by atoms with Crippen molar-refractivity contribution in [3.8, 4) is 11.1 Å². The van der Waals surface area contributed by atoms with Crippen LogP contribution in [0, 0.1) is 6.92 Å². The third-order valence-corrected chi connectivity index (χ3v) is 3.77. The molecule has 114 valence electrons. The molecular weight excluding hydrogens is 280 g/mol. The van der Waals surface area contributed by atoms with Gasteiger partial charge >= 0.3 is 0 Å². The molecule has 0 amide bonds. The number of hydrogen-bond acceptors (Lipinski definition) is 2. The zero-order valence-electron chi connectivity index (χ0n) is 13.7. The highest BCUT2D eigenvalue weighted by Gasteiger charge is 2.10. The first-order valence-corrected chi connectivity index (χ1v) is 8.03. The lowest BCUT2D eigenvalue weighted by molar-refractivity contribution is 1.25. The molecule has 2 aromatic carbocycles. The number of nitrogens with zero attached hydrogens (tertiary/aromatic N) is 2. The van der Waals surface area contributed by atoms with Crippen molar-refractivity contribution < 1.29 is 0 Å². The van der Waals surface area contributed by atoms with Gasteiger partial charge in [0, 0.05) is 22.7 Å². The van der Waals surface area contributed by atoms with Crippen LogP contribution in [0.5, 0.6) is 0 Å². The van der Waals surface area contributed by atoms with Crippen LogP contribution in [0.3, 0.4) is 0 Å². The summed E-state index contributed by atoms with van der Waals surface area (Å²) in [6.07, 6.45) is 1.83. The van der Waals surface area contributed by atoms with Crippen molar-refractivity contribution in [1.82, 2.24) is 9.97 Å². The molecule has 0 aliphatic heterocycles. The first-order valence-electron chi connectivity index (χ1n) is 8.03. The number of aromatic nitrogens is 2. The predicted octanol–water partition coefficient (Wildman–Crippen LogP) is 5.78. The van der Waals surface area contributed by atoms with Crippen molar-refractivity contribution in [2.24, 2.45) is 0 Å². The molecule has 0 aliphatic rings. The molecule has 0 bridgehead atoms. The third kappa shape index (κ3) is 2.80. The predicted molar refractivity (Wildman–Crippen MR) is 98.6 cm³/mol. The van der Waals surface area contributed by atoms with Crippen molar-refractivity contribution >= 4 is 21.8 Å². The van der Waals surface area contributed by atoms with Gasteiger partial charge in [0.15, 0.2) is 0 Å². The van der Waals surface area contributed by atoms with Crippen LogP contribution in [0.4, 0.5) is 0 Å². The van der Waals surface area contributed by atoms with Crippen molar-refractivity contribution in [2.75, 3.05) is 0 Å². The highest BCUT2D eigenvalue weighted by Crippen LogP contribution is 2.32.